The molecule has 2 bridgehead atoms. The van der Waals surface area contributed by atoms with Crippen molar-refractivity contribution in [3.8, 4) is 0 Å². The minimum absolute atomic E-state index is 0.979. The van der Waals surface area contributed by atoms with E-state index in [4.69, 9.17) is 0 Å². The maximum Gasteiger partial charge on any atom is -0.0168 e. The van der Waals surface area contributed by atoms with Crippen molar-refractivity contribution in [2.75, 3.05) is 0 Å². The lowest BCUT2D eigenvalue weighted by atomic mass is 9.71. The minimum Gasteiger partial charge on any atom is -0.0998 e. The third-order valence-electron chi connectivity index (χ3n) is 5.55. The predicted molar refractivity (Wildman–Crippen MR) is 57.7 cm³/mol. The van der Waals surface area contributed by atoms with Gasteiger partial charge in [-0.2, -0.15) is 0 Å². The summed E-state index contributed by atoms with van der Waals surface area (Å²) < 4.78 is 0. The van der Waals surface area contributed by atoms with Gasteiger partial charge in [-0.1, -0.05) is 24.3 Å². The van der Waals surface area contributed by atoms with Crippen LogP contribution in [0.2, 0.25) is 0 Å². The van der Waals surface area contributed by atoms with E-state index in [0.717, 1.165) is 35.5 Å². The number of rotatable bonds is 0. The van der Waals surface area contributed by atoms with Crippen LogP contribution in [0.3, 0.4) is 0 Å². The molecule has 0 aromatic carbocycles. The highest BCUT2D eigenvalue weighted by molar-refractivity contribution is 5.22. The SMILES string of the molecule is C=C1CC2C3CC(C4CC=CC34)C2C1. The van der Waals surface area contributed by atoms with Gasteiger partial charge in [0, 0.05) is 0 Å². The van der Waals surface area contributed by atoms with Crippen LogP contribution in [0.15, 0.2) is 24.3 Å². The second kappa shape index (κ2) is 2.35. The Kier molecular flexibility index (Phi) is 1.30. The van der Waals surface area contributed by atoms with Crippen molar-refractivity contribution >= 4 is 0 Å². The molecule has 0 radical (unpaired) electrons. The van der Waals surface area contributed by atoms with Crippen molar-refractivity contribution in [1.29, 1.82) is 0 Å². The Bertz CT molecular complexity index is 325. The molecule has 0 aromatic rings. The van der Waals surface area contributed by atoms with Crippen molar-refractivity contribution < 1.29 is 0 Å². The number of hydrogen-bond acceptors (Lipinski definition) is 0. The van der Waals surface area contributed by atoms with Gasteiger partial charge in [-0.05, 0) is 61.2 Å². The molecule has 6 atom stereocenters. The third-order valence-corrected chi connectivity index (χ3v) is 5.55. The molecule has 74 valence electrons. The Labute approximate surface area is 86.1 Å². The Hall–Kier alpha value is -0.520. The normalized spacial score (nSPS) is 58.1. The van der Waals surface area contributed by atoms with Gasteiger partial charge in [0.25, 0.3) is 0 Å². The van der Waals surface area contributed by atoms with Crippen molar-refractivity contribution in [2.24, 2.45) is 35.5 Å². The smallest absolute Gasteiger partial charge is 0.0168 e. The molecule has 0 N–H and O–H groups in total. The quantitative estimate of drug-likeness (QED) is 0.509. The van der Waals surface area contributed by atoms with Gasteiger partial charge in [-0.15, -0.1) is 0 Å². The number of hydrogen-bond donors (Lipinski definition) is 0. The summed E-state index contributed by atoms with van der Waals surface area (Å²) >= 11 is 0. The van der Waals surface area contributed by atoms with E-state index in [0.29, 0.717) is 0 Å². The Morgan fingerprint density at radius 1 is 1.00 bits per heavy atom. The molecular formula is C14H18. The Balaban J connectivity index is 1.73. The Morgan fingerprint density at radius 3 is 2.64 bits per heavy atom. The highest BCUT2D eigenvalue weighted by Crippen LogP contribution is 2.66. The monoisotopic (exact) mass is 186 g/mol. The summed E-state index contributed by atoms with van der Waals surface area (Å²) in [5.41, 5.74) is 1.55. The van der Waals surface area contributed by atoms with Crippen LogP contribution in [0.1, 0.15) is 25.7 Å². The van der Waals surface area contributed by atoms with Crippen LogP contribution >= 0.6 is 0 Å². The van der Waals surface area contributed by atoms with E-state index in [-0.39, 0.29) is 0 Å². The van der Waals surface area contributed by atoms with Crippen LogP contribution < -0.4 is 0 Å². The first-order valence-corrected chi connectivity index (χ1v) is 6.18. The maximum absolute atomic E-state index is 4.21. The first kappa shape index (κ1) is 7.73. The molecule has 0 aromatic heterocycles. The van der Waals surface area contributed by atoms with Crippen LogP contribution in [-0.4, -0.2) is 0 Å². The second-order valence-electron chi connectivity index (χ2n) is 5.95. The van der Waals surface area contributed by atoms with Gasteiger partial charge >= 0.3 is 0 Å². The summed E-state index contributed by atoms with van der Waals surface area (Å²) in [6, 6.07) is 0. The third kappa shape index (κ3) is 0.733. The zero-order valence-corrected chi connectivity index (χ0v) is 8.65. The van der Waals surface area contributed by atoms with E-state index in [1.807, 2.05) is 0 Å². The van der Waals surface area contributed by atoms with Crippen LogP contribution in [0, 0.1) is 35.5 Å². The molecule has 0 aliphatic heterocycles. The average molecular weight is 186 g/mol. The molecule has 14 heavy (non-hydrogen) atoms. The van der Waals surface area contributed by atoms with Crippen molar-refractivity contribution in [1.82, 2.24) is 0 Å². The standard InChI is InChI=1S/C14H18/c1-8-5-11-12(6-8)14-7-13(11)9-3-2-4-10(9)14/h2-3,9-14H,1,4-7H2. The summed E-state index contributed by atoms with van der Waals surface area (Å²) in [5.74, 6) is 6.24. The molecule has 0 spiro atoms. The molecule has 0 heteroatoms. The molecule has 4 aliphatic carbocycles. The molecule has 0 heterocycles. The maximum atomic E-state index is 4.21. The molecular weight excluding hydrogens is 168 g/mol. The summed E-state index contributed by atoms with van der Waals surface area (Å²) in [7, 11) is 0. The predicted octanol–water partition coefficient (Wildman–Crippen LogP) is 3.41. The lowest BCUT2D eigenvalue weighted by Gasteiger charge is -2.33. The van der Waals surface area contributed by atoms with Gasteiger partial charge in [0.15, 0.2) is 0 Å². The largest absolute Gasteiger partial charge is 0.0998 e. The number of allylic oxidation sites excluding steroid dienone is 3. The highest BCUT2D eigenvalue weighted by atomic mass is 14.6. The van der Waals surface area contributed by atoms with E-state index in [2.05, 4.69) is 18.7 Å². The topological polar surface area (TPSA) is 0 Å². The van der Waals surface area contributed by atoms with Crippen LogP contribution in [-0.2, 0) is 0 Å². The van der Waals surface area contributed by atoms with Gasteiger partial charge in [0.2, 0.25) is 0 Å². The average Bonchev–Trinajstić information content (AvgIpc) is 2.73. The zero-order valence-electron chi connectivity index (χ0n) is 8.65. The first-order valence-electron chi connectivity index (χ1n) is 6.18. The van der Waals surface area contributed by atoms with E-state index >= 15 is 0 Å². The fourth-order valence-corrected chi connectivity index (χ4v) is 5.20. The van der Waals surface area contributed by atoms with E-state index in [1.54, 1.807) is 12.0 Å². The summed E-state index contributed by atoms with van der Waals surface area (Å²) in [5, 5.41) is 0. The molecule has 4 aliphatic rings. The van der Waals surface area contributed by atoms with Gasteiger partial charge in [-0.25, -0.2) is 0 Å². The molecule has 6 unspecified atom stereocenters. The van der Waals surface area contributed by atoms with Crippen LogP contribution in [0.25, 0.3) is 0 Å². The molecule has 0 amide bonds. The lowest BCUT2D eigenvalue weighted by Crippen LogP contribution is -2.29. The van der Waals surface area contributed by atoms with E-state index in [1.165, 1.54) is 19.3 Å². The minimum atomic E-state index is 0.979. The number of fused-ring (bicyclic) bond motifs is 8. The molecule has 0 nitrogen and oxygen atoms in total. The van der Waals surface area contributed by atoms with Gasteiger partial charge < -0.3 is 0 Å². The van der Waals surface area contributed by atoms with E-state index < -0.39 is 0 Å². The summed E-state index contributed by atoms with van der Waals surface area (Å²) in [4.78, 5) is 0. The zero-order chi connectivity index (χ0) is 9.28. The molecule has 3 fully saturated rings. The van der Waals surface area contributed by atoms with Crippen molar-refractivity contribution in [3.05, 3.63) is 24.3 Å². The lowest BCUT2D eigenvalue weighted by molar-refractivity contribution is 0.156. The van der Waals surface area contributed by atoms with Crippen molar-refractivity contribution in [3.63, 3.8) is 0 Å². The van der Waals surface area contributed by atoms with Crippen LogP contribution in [0.5, 0.6) is 0 Å². The molecule has 4 rings (SSSR count). The highest BCUT2D eigenvalue weighted by Gasteiger charge is 2.58. The summed E-state index contributed by atoms with van der Waals surface area (Å²) in [6.45, 7) is 4.21. The molecule has 0 saturated heterocycles. The van der Waals surface area contributed by atoms with Crippen molar-refractivity contribution in [2.45, 2.75) is 25.7 Å². The molecule has 3 saturated carbocycles. The Morgan fingerprint density at radius 2 is 1.79 bits per heavy atom. The van der Waals surface area contributed by atoms with E-state index in [9.17, 15) is 0 Å². The fourth-order valence-electron chi connectivity index (χ4n) is 5.20. The first-order chi connectivity index (χ1) is 6.84. The van der Waals surface area contributed by atoms with Crippen LogP contribution in [0.4, 0.5) is 0 Å². The second-order valence-corrected chi connectivity index (χ2v) is 5.95. The van der Waals surface area contributed by atoms with Gasteiger partial charge in [0.05, 0.1) is 0 Å². The van der Waals surface area contributed by atoms with Gasteiger partial charge in [-0.3, -0.25) is 0 Å². The fraction of sp³-hybridized carbons (Fsp3) is 0.714. The summed E-state index contributed by atoms with van der Waals surface area (Å²) in [6.07, 6.45) is 10.7. The van der Waals surface area contributed by atoms with Gasteiger partial charge in [0.1, 0.15) is 0 Å².